The average molecular weight is 348 g/mol. The van der Waals surface area contributed by atoms with Crippen molar-refractivity contribution >= 4 is 15.9 Å². The Bertz CT molecular complexity index is 641. The minimum Gasteiger partial charge on any atom is -0.307 e. The molecule has 0 spiro atoms. The van der Waals surface area contributed by atoms with Crippen LogP contribution in [0.3, 0.4) is 0 Å². The molecular formula is C18H19BrFN. The van der Waals surface area contributed by atoms with Gasteiger partial charge < -0.3 is 5.32 Å². The van der Waals surface area contributed by atoms with Crippen molar-refractivity contribution in [3.63, 3.8) is 0 Å². The van der Waals surface area contributed by atoms with Crippen LogP contribution in [-0.2, 0) is 12.8 Å². The molecule has 3 rings (SSSR count). The second-order valence-corrected chi connectivity index (χ2v) is 6.62. The van der Waals surface area contributed by atoms with Crippen molar-refractivity contribution in [1.29, 1.82) is 0 Å². The number of rotatable bonds is 3. The molecule has 0 aromatic heterocycles. The first-order chi connectivity index (χ1) is 10.1. The van der Waals surface area contributed by atoms with Gasteiger partial charge in [0, 0.05) is 12.1 Å². The van der Waals surface area contributed by atoms with Gasteiger partial charge >= 0.3 is 0 Å². The minimum atomic E-state index is -0.211. The molecule has 1 aliphatic carbocycles. The van der Waals surface area contributed by atoms with Crippen molar-refractivity contribution in [3.8, 4) is 0 Å². The standard InChI is InChI=1S/C18H19BrFN/c1-12(14-7-9-18(20)17(19)11-14)21-16-8-6-13-4-2-3-5-15(13)10-16/h2-5,7,9,11-12,16,21H,6,8,10H2,1H3. The zero-order chi connectivity index (χ0) is 14.8. The number of fused-ring (bicyclic) bond motifs is 1. The summed E-state index contributed by atoms with van der Waals surface area (Å²) in [7, 11) is 0. The fourth-order valence-electron chi connectivity index (χ4n) is 3.07. The van der Waals surface area contributed by atoms with Crippen LogP contribution in [-0.4, -0.2) is 6.04 Å². The fraction of sp³-hybridized carbons (Fsp3) is 0.333. The predicted octanol–water partition coefficient (Wildman–Crippen LogP) is 4.80. The van der Waals surface area contributed by atoms with E-state index in [-0.39, 0.29) is 11.9 Å². The molecule has 0 fully saturated rings. The third kappa shape index (κ3) is 3.35. The van der Waals surface area contributed by atoms with Gasteiger partial charge in [-0.1, -0.05) is 30.3 Å². The topological polar surface area (TPSA) is 12.0 Å². The van der Waals surface area contributed by atoms with Gasteiger partial charge in [-0.25, -0.2) is 4.39 Å². The first kappa shape index (κ1) is 14.7. The highest BCUT2D eigenvalue weighted by atomic mass is 79.9. The lowest BCUT2D eigenvalue weighted by Crippen LogP contribution is -2.36. The highest BCUT2D eigenvalue weighted by Crippen LogP contribution is 2.25. The van der Waals surface area contributed by atoms with Gasteiger partial charge in [0.25, 0.3) is 0 Å². The second-order valence-electron chi connectivity index (χ2n) is 5.77. The molecule has 110 valence electrons. The molecule has 0 saturated carbocycles. The zero-order valence-electron chi connectivity index (χ0n) is 12.1. The average Bonchev–Trinajstić information content (AvgIpc) is 2.50. The Morgan fingerprint density at radius 2 is 1.95 bits per heavy atom. The van der Waals surface area contributed by atoms with Gasteiger partial charge in [-0.2, -0.15) is 0 Å². The van der Waals surface area contributed by atoms with E-state index in [4.69, 9.17) is 0 Å². The van der Waals surface area contributed by atoms with Gasteiger partial charge in [-0.15, -0.1) is 0 Å². The minimum absolute atomic E-state index is 0.211. The number of aryl methyl sites for hydroxylation is 1. The Hall–Kier alpha value is -1.19. The molecule has 1 nitrogen and oxygen atoms in total. The maximum atomic E-state index is 13.3. The maximum Gasteiger partial charge on any atom is 0.137 e. The predicted molar refractivity (Wildman–Crippen MR) is 87.9 cm³/mol. The summed E-state index contributed by atoms with van der Waals surface area (Å²) in [5, 5.41) is 3.68. The van der Waals surface area contributed by atoms with E-state index < -0.39 is 0 Å². The summed E-state index contributed by atoms with van der Waals surface area (Å²) in [6.45, 7) is 2.14. The van der Waals surface area contributed by atoms with Crippen LogP contribution in [0.4, 0.5) is 4.39 Å². The molecule has 0 radical (unpaired) electrons. The lowest BCUT2D eigenvalue weighted by molar-refractivity contribution is 0.413. The van der Waals surface area contributed by atoms with E-state index in [9.17, 15) is 4.39 Å². The van der Waals surface area contributed by atoms with Gasteiger partial charge in [-0.3, -0.25) is 0 Å². The third-order valence-electron chi connectivity index (χ3n) is 4.28. The number of hydrogen-bond donors (Lipinski definition) is 1. The van der Waals surface area contributed by atoms with E-state index in [1.807, 2.05) is 12.1 Å². The summed E-state index contributed by atoms with van der Waals surface area (Å²) < 4.78 is 13.8. The molecule has 2 aromatic rings. The molecular weight excluding hydrogens is 329 g/mol. The Labute approximate surface area is 133 Å². The van der Waals surface area contributed by atoms with Crippen LogP contribution in [0.25, 0.3) is 0 Å². The van der Waals surface area contributed by atoms with Gasteiger partial charge in [-0.05, 0) is 70.9 Å². The number of hydrogen-bond acceptors (Lipinski definition) is 1. The molecule has 21 heavy (non-hydrogen) atoms. The van der Waals surface area contributed by atoms with Crippen LogP contribution in [0, 0.1) is 5.82 Å². The van der Waals surface area contributed by atoms with E-state index in [0.29, 0.717) is 10.5 Å². The van der Waals surface area contributed by atoms with Gasteiger partial charge in [0.1, 0.15) is 5.82 Å². The van der Waals surface area contributed by atoms with Crippen molar-refractivity contribution in [2.45, 2.75) is 38.3 Å². The van der Waals surface area contributed by atoms with Crippen LogP contribution in [0.15, 0.2) is 46.9 Å². The SMILES string of the molecule is CC(NC1CCc2ccccc2C1)c1ccc(F)c(Br)c1. The Kier molecular flexibility index (Phi) is 4.41. The van der Waals surface area contributed by atoms with Crippen LogP contribution in [0.2, 0.25) is 0 Å². The van der Waals surface area contributed by atoms with Crippen molar-refractivity contribution in [2.75, 3.05) is 0 Å². The first-order valence-corrected chi connectivity index (χ1v) is 8.20. The van der Waals surface area contributed by atoms with Crippen LogP contribution in [0.5, 0.6) is 0 Å². The monoisotopic (exact) mass is 347 g/mol. The lowest BCUT2D eigenvalue weighted by Gasteiger charge is -2.28. The van der Waals surface area contributed by atoms with Crippen LogP contribution >= 0.6 is 15.9 Å². The molecule has 0 bridgehead atoms. The van der Waals surface area contributed by atoms with Crippen molar-refractivity contribution in [2.24, 2.45) is 0 Å². The van der Waals surface area contributed by atoms with Crippen LogP contribution < -0.4 is 5.32 Å². The number of halogens is 2. The zero-order valence-corrected chi connectivity index (χ0v) is 13.7. The largest absolute Gasteiger partial charge is 0.307 e. The normalized spacial score (nSPS) is 19.1. The Morgan fingerprint density at radius 3 is 2.71 bits per heavy atom. The van der Waals surface area contributed by atoms with Crippen molar-refractivity contribution < 1.29 is 4.39 Å². The summed E-state index contributed by atoms with van der Waals surface area (Å²) in [5.74, 6) is -0.211. The van der Waals surface area contributed by atoms with Gasteiger partial charge in [0.2, 0.25) is 0 Å². The molecule has 0 aliphatic heterocycles. The molecule has 2 unspecified atom stereocenters. The smallest absolute Gasteiger partial charge is 0.137 e. The lowest BCUT2D eigenvalue weighted by atomic mass is 9.88. The molecule has 3 heteroatoms. The number of nitrogens with one attached hydrogen (secondary N) is 1. The van der Waals surface area contributed by atoms with E-state index in [0.717, 1.165) is 24.8 Å². The van der Waals surface area contributed by atoms with E-state index in [1.165, 1.54) is 17.2 Å². The Morgan fingerprint density at radius 1 is 1.19 bits per heavy atom. The first-order valence-electron chi connectivity index (χ1n) is 7.41. The van der Waals surface area contributed by atoms with Gasteiger partial charge in [0.15, 0.2) is 0 Å². The molecule has 0 saturated heterocycles. The fourth-order valence-corrected chi connectivity index (χ4v) is 3.47. The van der Waals surface area contributed by atoms with E-state index in [2.05, 4.69) is 52.4 Å². The molecule has 1 aliphatic rings. The van der Waals surface area contributed by atoms with Gasteiger partial charge in [0.05, 0.1) is 4.47 Å². The summed E-state index contributed by atoms with van der Waals surface area (Å²) in [6, 6.07) is 14.6. The molecule has 0 heterocycles. The second kappa shape index (κ2) is 6.29. The molecule has 2 atom stereocenters. The maximum absolute atomic E-state index is 13.3. The molecule has 0 amide bonds. The summed E-state index contributed by atoms with van der Waals surface area (Å²) in [5.41, 5.74) is 4.04. The van der Waals surface area contributed by atoms with E-state index in [1.54, 1.807) is 0 Å². The van der Waals surface area contributed by atoms with E-state index >= 15 is 0 Å². The highest BCUT2D eigenvalue weighted by molar-refractivity contribution is 9.10. The number of benzene rings is 2. The molecule has 2 aromatic carbocycles. The summed E-state index contributed by atoms with van der Waals surface area (Å²) in [4.78, 5) is 0. The van der Waals surface area contributed by atoms with Crippen molar-refractivity contribution in [3.05, 3.63) is 69.4 Å². The quantitative estimate of drug-likeness (QED) is 0.841. The van der Waals surface area contributed by atoms with Crippen LogP contribution in [0.1, 0.15) is 36.1 Å². The Balaban J connectivity index is 1.68. The third-order valence-corrected chi connectivity index (χ3v) is 4.88. The summed E-state index contributed by atoms with van der Waals surface area (Å²) >= 11 is 3.26. The van der Waals surface area contributed by atoms with Crippen molar-refractivity contribution in [1.82, 2.24) is 5.32 Å². The highest BCUT2D eigenvalue weighted by Gasteiger charge is 2.20. The summed E-state index contributed by atoms with van der Waals surface area (Å²) in [6.07, 6.45) is 3.36. The molecule has 1 N–H and O–H groups in total.